The van der Waals surface area contributed by atoms with Crippen LogP contribution in [0.2, 0.25) is 0 Å². The van der Waals surface area contributed by atoms with E-state index < -0.39 is 17.4 Å². The zero-order valence-corrected chi connectivity index (χ0v) is 10.7. The Morgan fingerprint density at radius 2 is 1.72 bits per heavy atom. The van der Waals surface area contributed by atoms with E-state index in [-0.39, 0.29) is 22.6 Å². The second kappa shape index (κ2) is 5.65. The SMILES string of the molecule is CC(C)C(C(=O)O)c1ccc(SC(F)(F)F)cc1. The van der Waals surface area contributed by atoms with Gasteiger partial charge in [-0.15, -0.1) is 0 Å². The number of rotatable bonds is 4. The van der Waals surface area contributed by atoms with Crippen LogP contribution in [0.4, 0.5) is 13.2 Å². The van der Waals surface area contributed by atoms with Crippen LogP contribution in [0.15, 0.2) is 29.2 Å². The molecule has 1 N–H and O–H groups in total. The van der Waals surface area contributed by atoms with Gasteiger partial charge in [0.1, 0.15) is 0 Å². The minimum absolute atomic E-state index is 0.0548. The minimum atomic E-state index is -4.33. The van der Waals surface area contributed by atoms with E-state index in [1.54, 1.807) is 13.8 Å². The van der Waals surface area contributed by atoms with Crippen LogP contribution < -0.4 is 0 Å². The zero-order chi connectivity index (χ0) is 13.9. The number of hydrogen-bond acceptors (Lipinski definition) is 2. The van der Waals surface area contributed by atoms with Crippen molar-refractivity contribution in [3.63, 3.8) is 0 Å². The van der Waals surface area contributed by atoms with Crippen molar-refractivity contribution in [2.45, 2.75) is 30.2 Å². The standard InChI is InChI=1S/C12H13F3O2S/c1-7(2)10(11(16)17)8-3-5-9(6-4-8)18-12(13,14)15/h3-7,10H,1-2H3,(H,16,17). The molecule has 0 amide bonds. The Balaban J connectivity index is 2.91. The molecule has 1 rings (SSSR count). The van der Waals surface area contributed by atoms with Gasteiger partial charge in [-0.3, -0.25) is 4.79 Å². The van der Waals surface area contributed by atoms with Crippen molar-refractivity contribution in [1.82, 2.24) is 0 Å². The first kappa shape index (κ1) is 14.9. The van der Waals surface area contributed by atoms with E-state index in [0.717, 1.165) is 0 Å². The lowest BCUT2D eigenvalue weighted by Gasteiger charge is -2.17. The summed E-state index contributed by atoms with van der Waals surface area (Å²) in [5.41, 5.74) is -3.81. The Hall–Kier alpha value is -1.17. The molecule has 0 aromatic heterocycles. The number of benzene rings is 1. The van der Waals surface area contributed by atoms with Crippen LogP contribution in [0.25, 0.3) is 0 Å². The van der Waals surface area contributed by atoms with Crippen LogP contribution in [0, 0.1) is 5.92 Å². The summed E-state index contributed by atoms with van der Waals surface area (Å²) in [5.74, 6) is -1.79. The summed E-state index contributed by atoms with van der Waals surface area (Å²) in [7, 11) is 0. The maximum absolute atomic E-state index is 12.1. The summed E-state index contributed by atoms with van der Waals surface area (Å²) in [4.78, 5) is 11.1. The van der Waals surface area contributed by atoms with Crippen molar-refractivity contribution in [3.05, 3.63) is 29.8 Å². The molecule has 0 heterocycles. The van der Waals surface area contributed by atoms with Crippen LogP contribution in [-0.4, -0.2) is 16.6 Å². The summed E-state index contributed by atoms with van der Waals surface area (Å²) in [6.07, 6.45) is 0. The number of alkyl halides is 3. The fourth-order valence-corrected chi connectivity index (χ4v) is 2.23. The highest BCUT2D eigenvalue weighted by Gasteiger charge is 2.29. The highest BCUT2D eigenvalue weighted by molar-refractivity contribution is 8.00. The molecule has 0 aliphatic rings. The smallest absolute Gasteiger partial charge is 0.446 e. The normalized spacial score (nSPS) is 13.7. The fourth-order valence-electron chi connectivity index (χ4n) is 1.69. The van der Waals surface area contributed by atoms with Gasteiger partial charge in [-0.05, 0) is 35.4 Å². The molecule has 0 aliphatic heterocycles. The third kappa shape index (κ3) is 4.25. The molecule has 100 valence electrons. The maximum atomic E-state index is 12.1. The molecule has 0 bridgehead atoms. The Morgan fingerprint density at radius 3 is 2.06 bits per heavy atom. The molecule has 1 unspecified atom stereocenters. The minimum Gasteiger partial charge on any atom is -0.481 e. The van der Waals surface area contributed by atoms with Gasteiger partial charge >= 0.3 is 11.5 Å². The predicted molar refractivity (Wildman–Crippen MR) is 63.6 cm³/mol. The molecule has 1 aromatic carbocycles. The summed E-state index contributed by atoms with van der Waals surface area (Å²) in [5, 5.41) is 9.07. The summed E-state index contributed by atoms with van der Waals surface area (Å²) >= 11 is -0.209. The van der Waals surface area contributed by atoms with E-state index in [1.165, 1.54) is 24.3 Å². The average molecular weight is 278 g/mol. The number of carbonyl (C=O) groups is 1. The van der Waals surface area contributed by atoms with E-state index in [4.69, 9.17) is 5.11 Å². The first-order chi connectivity index (χ1) is 8.20. The zero-order valence-electron chi connectivity index (χ0n) is 9.86. The second-order valence-corrected chi connectivity index (χ2v) is 5.32. The molecule has 1 aromatic rings. The van der Waals surface area contributed by atoms with Gasteiger partial charge in [0.2, 0.25) is 0 Å². The monoisotopic (exact) mass is 278 g/mol. The quantitative estimate of drug-likeness (QED) is 0.842. The van der Waals surface area contributed by atoms with Gasteiger partial charge in [-0.2, -0.15) is 13.2 Å². The van der Waals surface area contributed by atoms with Gasteiger partial charge < -0.3 is 5.11 Å². The third-order valence-electron chi connectivity index (χ3n) is 2.41. The largest absolute Gasteiger partial charge is 0.481 e. The maximum Gasteiger partial charge on any atom is 0.446 e. The Bertz CT molecular complexity index is 412. The van der Waals surface area contributed by atoms with Crippen molar-refractivity contribution >= 4 is 17.7 Å². The van der Waals surface area contributed by atoms with Gasteiger partial charge in [0.15, 0.2) is 0 Å². The van der Waals surface area contributed by atoms with Crippen molar-refractivity contribution in [1.29, 1.82) is 0 Å². The third-order valence-corrected chi connectivity index (χ3v) is 3.14. The van der Waals surface area contributed by atoms with Crippen LogP contribution in [0.3, 0.4) is 0 Å². The molecule has 0 saturated carbocycles. The lowest BCUT2D eigenvalue weighted by molar-refractivity contribution is -0.139. The van der Waals surface area contributed by atoms with Crippen LogP contribution in [0.1, 0.15) is 25.3 Å². The first-order valence-electron chi connectivity index (χ1n) is 5.29. The van der Waals surface area contributed by atoms with E-state index in [0.29, 0.717) is 5.56 Å². The topological polar surface area (TPSA) is 37.3 Å². The van der Waals surface area contributed by atoms with Crippen molar-refractivity contribution in [2.24, 2.45) is 5.92 Å². The molecule has 0 saturated heterocycles. The predicted octanol–water partition coefficient (Wildman–Crippen LogP) is 4.12. The molecule has 0 spiro atoms. The number of aliphatic carboxylic acids is 1. The van der Waals surface area contributed by atoms with Crippen LogP contribution in [-0.2, 0) is 4.79 Å². The van der Waals surface area contributed by atoms with Crippen LogP contribution >= 0.6 is 11.8 Å². The average Bonchev–Trinajstić information content (AvgIpc) is 2.17. The van der Waals surface area contributed by atoms with Gasteiger partial charge in [0.25, 0.3) is 0 Å². The van der Waals surface area contributed by atoms with Crippen molar-refractivity contribution in [3.8, 4) is 0 Å². The molecule has 0 fully saturated rings. The second-order valence-electron chi connectivity index (χ2n) is 4.18. The highest BCUT2D eigenvalue weighted by Crippen LogP contribution is 2.37. The van der Waals surface area contributed by atoms with Crippen LogP contribution in [0.5, 0.6) is 0 Å². The van der Waals surface area contributed by atoms with Crippen molar-refractivity contribution < 1.29 is 23.1 Å². The number of halogens is 3. The molecule has 0 aliphatic carbocycles. The molecule has 2 nitrogen and oxygen atoms in total. The highest BCUT2D eigenvalue weighted by atomic mass is 32.2. The Morgan fingerprint density at radius 1 is 1.22 bits per heavy atom. The molecular weight excluding hydrogens is 265 g/mol. The van der Waals surface area contributed by atoms with E-state index in [9.17, 15) is 18.0 Å². The van der Waals surface area contributed by atoms with E-state index in [2.05, 4.69) is 0 Å². The van der Waals surface area contributed by atoms with E-state index in [1.807, 2.05) is 0 Å². The molecule has 1 atom stereocenters. The lowest BCUT2D eigenvalue weighted by atomic mass is 9.89. The van der Waals surface area contributed by atoms with Crippen molar-refractivity contribution in [2.75, 3.05) is 0 Å². The summed E-state index contributed by atoms with van der Waals surface area (Å²) < 4.78 is 36.4. The number of carboxylic acid groups (broad SMARTS) is 1. The summed E-state index contributed by atoms with van der Waals surface area (Å²) in [6, 6.07) is 5.47. The van der Waals surface area contributed by atoms with Gasteiger partial charge in [0, 0.05) is 4.90 Å². The lowest BCUT2D eigenvalue weighted by Crippen LogP contribution is -2.17. The molecule has 6 heteroatoms. The van der Waals surface area contributed by atoms with Gasteiger partial charge in [0.05, 0.1) is 5.92 Å². The number of thioether (sulfide) groups is 1. The fraction of sp³-hybridized carbons (Fsp3) is 0.417. The van der Waals surface area contributed by atoms with Gasteiger partial charge in [-0.1, -0.05) is 26.0 Å². The van der Waals surface area contributed by atoms with E-state index >= 15 is 0 Å². The molecule has 0 radical (unpaired) electrons. The molecular formula is C12H13F3O2S. The Labute approximate surface area is 107 Å². The number of carboxylic acids is 1. The Kier molecular flexibility index (Phi) is 4.67. The number of hydrogen-bond donors (Lipinski definition) is 1. The first-order valence-corrected chi connectivity index (χ1v) is 6.11. The molecule has 18 heavy (non-hydrogen) atoms. The van der Waals surface area contributed by atoms with Gasteiger partial charge in [-0.25, -0.2) is 0 Å². The summed E-state index contributed by atoms with van der Waals surface area (Å²) in [6.45, 7) is 3.52.